The molecule has 41 heavy (non-hydrogen) atoms. The average Bonchev–Trinajstić information content (AvgIpc) is 3.81. The summed E-state index contributed by atoms with van der Waals surface area (Å²) in [5.41, 5.74) is 3.04. The van der Waals surface area contributed by atoms with Gasteiger partial charge in [0.05, 0.1) is 13.0 Å². The van der Waals surface area contributed by atoms with Crippen LogP contribution in [0.5, 0.6) is 5.75 Å². The molecule has 6 nitrogen and oxygen atoms in total. The predicted molar refractivity (Wildman–Crippen MR) is 159 cm³/mol. The first kappa shape index (κ1) is 29.1. The molecule has 1 heterocycles. The highest BCUT2D eigenvalue weighted by atomic mass is 35.5. The van der Waals surface area contributed by atoms with Gasteiger partial charge in [-0.2, -0.15) is 0 Å². The second kappa shape index (κ2) is 14.0. The molecule has 0 aromatic heterocycles. The van der Waals surface area contributed by atoms with Gasteiger partial charge in [0.2, 0.25) is 11.8 Å². The lowest BCUT2D eigenvalue weighted by Gasteiger charge is -2.32. The first-order valence-corrected chi connectivity index (χ1v) is 14.9. The number of hydrogen-bond donors (Lipinski definition) is 0. The van der Waals surface area contributed by atoms with Gasteiger partial charge < -0.3 is 14.5 Å². The zero-order valence-corrected chi connectivity index (χ0v) is 24.1. The van der Waals surface area contributed by atoms with E-state index < -0.39 is 0 Å². The third-order valence-corrected chi connectivity index (χ3v) is 7.90. The lowest BCUT2D eigenvalue weighted by Crippen LogP contribution is -2.39. The van der Waals surface area contributed by atoms with Crippen LogP contribution in [0.15, 0.2) is 72.8 Å². The van der Waals surface area contributed by atoms with Gasteiger partial charge in [-0.1, -0.05) is 48.0 Å². The Hall–Kier alpha value is -3.42. The quantitative estimate of drug-likeness (QED) is 0.330. The normalized spacial score (nSPS) is 16.8. The summed E-state index contributed by atoms with van der Waals surface area (Å²) in [6, 6.07) is 21.8. The van der Waals surface area contributed by atoms with Gasteiger partial charge >= 0.3 is 0 Å². The van der Waals surface area contributed by atoms with Crippen molar-refractivity contribution >= 4 is 29.1 Å². The summed E-state index contributed by atoms with van der Waals surface area (Å²) in [5, 5.41) is 0.714. The number of amides is 2. The topological polar surface area (TPSA) is 53.1 Å². The first-order chi connectivity index (χ1) is 20.0. The Morgan fingerprint density at radius 3 is 2.41 bits per heavy atom. The van der Waals surface area contributed by atoms with Crippen molar-refractivity contribution in [3.8, 4) is 5.75 Å². The number of hydrogen-bond acceptors (Lipinski definition) is 4. The third-order valence-electron chi connectivity index (χ3n) is 7.65. The van der Waals surface area contributed by atoms with Crippen molar-refractivity contribution in [2.75, 3.05) is 37.7 Å². The molecule has 1 aliphatic carbocycles. The van der Waals surface area contributed by atoms with Crippen LogP contribution in [0.3, 0.4) is 0 Å². The highest BCUT2D eigenvalue weighted by Gasteiger charge is 2.35. The Morgan fingerprint density at radius 2 is 1.66 bits per heavy atom. The van der Waals surface area contributed by atoms with Crippen LogP contribution >= 0.6 is 11.6 Å². The molecule has 1 saturated carbocycles. The van der Waals surface area contributed by atoms with Gasteiger partial charge in [-0.3, -0.25) is 14.5 Å². The monoisotopic (exact) mass is 577 g/mol. The highest BCUT2D eigenvalue weighted by Crippen LogP contribution is 2.34. The zero-order valence-electron chi connectivity index (χ0n) is 23.3. The SMILES string of the molecule is O=C(CCOc1cccc(F)c1)N1CCCN(Cc2ccc(Cl)cc2)CCCN(C(=O)C2CC2)c2ccccc2C1. The fourth-order valence-electron chi connectivity index (χ4n) is 5.33. The molecule has 3 aromatic rings. The molecule has 1 fully saturated rings. The van der Waals surface area contributed by atoms with Crippen LogP contribution in [0.1, 0.15) is 43.2 Å². The molecular weight excluding hydrogens is 541 g/mol. The summed E-state index contributed by atoms with van der Waals surface area (Å²) in [6.45, 7) is 4.24. The average molecular weight is 578 g/mol. The minimum atomic E-state index is -0.373. The van der Waals surface area contributed by atoms with Gasteiger partial charge in [-0.05, 0) is 67.1 Å². The molecule has 2 aliphatic rings. The minimum Gasteiger partial charge on any atom is -0.493 e. The van der Waals surface area contributed by atoms with Gasteiger partial charge in [-0.15, -0.1) is 0 Å². The fraction of sp³-hybridized carbons (Fsp3) is 0.394. The molecule has 216 valence electrons. The number of rotatable bonds is 7. The van der Waals surface area contributed by atoms with Crippen molar-refractivity contribution in [3.05, 3.63) is 94.8 Å². The number of nitrogens with zero attached hydrogens (tertiary/aromatic N) is 3. The van der Waals surface area contributed by atoms with E-state index in [2.05, 4.69) is 4.90 Å². The molecule has 1 aliphatic heterocycles. The van der Waals surface area contributed by atoms with Gasteiger partial charge in [0.25, 0.3) is 0 Å². The molecule has 0 radical (unpaired) electrons. The molecule has 2 amide bonds. The van der Waals surface area contributed by atoms with Gasteiger partial charge in [-0.25, -0.2) is 4.39 Å². The lowest BCUT2D eigenvalue weighted by atomic mass is 10.1. The maximum absolute atomic E-state index is 13.5. The van der Waals surface area contributed by atoms with E-state index in [9.17, 15) is 14.0 Å². The molecule has 8 heteroatoms. The predicted octanol–water partition coefficient (Wildman–Crippen LogP) is 6.32. The van der Waals surface area contributed by atoms with Crippen LogP contribution in [-0.2, 0) is 22.7 Å². The number of halogens is 2. The summed E-state index contributed by atoms with van der Waals surface area (Å²) in [5.74, 6) is 0.280. The van der Waals surface area contributed by atoms with Crippen molar-refractivity contribution in [2.24, 2.45) is 5.92 Å². The fourth-order valence-corrected chi connectivity index (χ4v) is 5.46. The summed E-state index contributed by atoms with van der Waals surface area (Å²) in [7, 11) is 0. The Morgan fingerprint density at radius 1 is 0.902 bits per heavy atom. The van der Waals surface area contributed by atoms with E-state index in [0.717, 1.165) is 56.6 Å². The van der Waals surface area contributed by atoms with Gasteiger partial charge in [0, 0.05) is 62.0 Å². The molecule has 0 atom stereocenters. The second-order valence-corrected chi connectivity index (χ2v) is 11.3. The molecule has 0 saturated heterocycles. The van der Waals surface area contributed by atoms with E-state index in [1.54, 1.807) is 12.1 Å². The summed E-state index contributed by atoms with van der Waals surface area (Å²) in [4.78, 5) is 33.1. The van der Waals surface area contributed by atoms with Crippen LogP contribution in [0.2, 0.25) is 5.02 Å². The standard InChI is InChI=1S/C33H37ClFN3O3/c34-28-14-10-25(11-15-28)23-36-17-4-19-37(32(39)16-21-41-30-8-3-7-29(35)22-30)24-27-6-1-2-9-31(27)38(20-5-18-36)33(40)26-12-13-26/h1-3,6-11,14-15,22,26H,4-5,12-13,16-21,23-24H2. The number of benzene rings is 3. The Balaban J connectivity index is 1.34. The molecular formula is C33H37ClFN3O3. The van der Waals surface area contributed by atoms with Gasteiger partial charge in [0.15, 0.2) is 0 Å². The number of fused-ring (bicyclic) bond motifs is 1. The van der Waals surface area contributed by atoms with E-state index in [4.69, 9.17) is 16.3 Å². The van der Waals surface area contributed by atoms with Crippen molar-refractivity contribution in [1.29, 1.82) is 0 Å². The number of ether oxygens (including phenoxy) is 1. The van der Waals surface area contributed by atoms with Crippen LogP contribution < -0.4 is 9.64 Å². The van der Waals surface area contributed by atoms with E-state index in [1.807, 2.05) is 58.3 Å². The largest absolute Gasteiger partial charge is 0.493 e. The van der Waals surface area contributed by atoms with Gasteiger partial charge in [0.1, 0.15) is 11.6 Å². The zero-order chi connectivity index (χ0) is 28.6. The molecule has 0 N–H and O–H groups in total. The minimum absolute atomic E-state index is 0.0300. The van der Waals surface area contributed by atoms with E-state index in [1.165, 1.54) is 17.7 Å². The van der Waals surface area contributed by atoms with Crippen LogP contribution in [0.4, 0.5) is 10.1 Å². The summed E-state index contributed by atoms with van der Waals surface area (Å²) in [6.07, 6.45) is 3.74. The van der Waals surface area contributed by atoms with Crippen LogP contribution in [0.25, 0.3) is 0 Å². The van der Waals surface area contributed by atoms with E-state index >= 15 is 0 Å². The molecule has 0 spiro atoms. The molecule has 0 bridgehead atoms. The van der Waals surface area contributed by atoms with E-state index in [-0.39, 0.29) is 36.6 Å². The number of carbonyl (C=O) groups excluding carboxylic acids is 2. The van der Waals surface area contributed by atoms with Crippen molar-refractivity contribution in [2.45, 2.75) is 45.2 Å². The summed E-state index contributed by atoms with van der Waals surface area (Å²) < 4.78 is 19.2. The maximum Gasteiger partial charge on any atom is 0.230 e. The van der Waals surface area contributed by atoms with Crippen LogP contribution in [-0.4, -0.2) is 54.4 Å². The second-order valence-electron chi connectivity index (χ2n) is 10.9. The number of carbonyl (C=O) groups is 2. The third kappa shape index (κ3) is 8.30. The Bertz CT molecular complexity index is 1330. The molecule has 0 unspecified atom stereocenters. The Labute approximate surface area is 246 Å². The molecule has 5 rings (SSSR count). The highest BCUT2D eigenvalue weighted by molar-refractivity contribution is 6.30. The smallest absolute Gasteiger partial charge is 0.230 e. The van der Waals surface area contributed by atoms with Crippen molar-refractivity contribution < 1.29 is 18.7 Å². The molecule has 3 aromatic carbocycles. The first-order valence-electron chi connectivity index (χ1n) is 14.5. The van der Waals surface area contributed by atoms with Crippen molar-refractivity contribution in [1.82, 2.24) is 9.80 Å². The van der Waals surface area contributed by atoms with Crippen LogP contribution in [0, 0.1) is 11.7 Å². The maximum atomic E-state index is 13.5. The number of anilines is 1. The van der Waals surface area contributed by atoms with E-state index in [0.29, 0.717) is 30.4 Å². The Kier molecular flexibility index (Phi) is 9.91. The van der Waals surface area contributed by atoms with Crippen molar-refractivity contribution in [3.63, 3.8) is 0 Å². The lowest BCUT2D eigenvalue weighted by molar-refractivity contribution is -0.132. The summed E-state index contributed by atoms with van der Waals surface area (Å²) >= 11 is 6.10. The number of para-hydroxylation sites is 1.